The van der Waals surface area contributed by atoms with E-state index < -0.39 is 0 Å². The van der Waals surface area contributed by atoms with E-state index in [0.717, 1.165) is 17.1 Å². The topological polar surface area (TPSA) is 90.5 Å². The molecule has 3 rings (SSSR count). The molecule has 3 aromatic rings. The van der Waals surface area contributed by atoms with Crippen LogP contribution in [0.15, 0.2) is 43.0 Å². The van der Waals surface area contributed by atoms with Gasteiger partial charge in [0.2, 0.25) is 5.91 Å². The van der Waals surface area contributed by atoms with Gasteiger partial charge in [0.05, 0.1) is 18.2 Å². The van der Waals surface area contributed by atoms with Gasteiger partial charge >= 0.3 is 0 Å². The van der Waals surface area contributed by atoms with Gasteiger partial charge in [-0.25, -0.2) is 9.67 Å². The van der Waals surface area contributed by atoms with Crippen LogP contribution in [0.25, 0.3) is 5.69 Å². The molecule has 0 bridgehead atoms. The zero-order valence-corrected chi connectivity index (χ0v) is 14.5. The van der Waals surface area contributed by atoms with E-state index in [0.29, 0.717) is 6.42 Å². The van der Waals surface area contributed by atoms with Crippen molar-refractivity contribution in [3.63, 3.8) is 0 Å². The van der Waals surface area contributed by atoms with Gasteiger partial charge in [-0.3, -0.25) is 4.79 Å². The van der Waals surface area contributed by atoms with E-state index in [2.05, 4.69) is 39.7 Å². The molecule has 1 N–H and O–H groups in total. The molecule has 0 saturated carbocycles. The Labute approximate surface area is 145 Å². The first-order valence-electron chi connectivity index (χ1n) is 8.13. The minimum Gasteiger partial charge on any atom is -0.346 e. The number of imidazole rings is 1. The molecule has 0 aliphatic heterocycles. The van der Waals surface area contributed by atoms with Crippen LogP contribution in [0.3, 0.4) is 0 Å². The number of hydrogen-bond acceptors (Lipinski definition) is 5. The summed E-state index contributed by atoms with van der Waals surface area (Å²) in [6.45, 7) is 4.14. The lowest BCUT2D eigenvalue weighted by atomic mass is 10.0. The van der Waals surface area contributed by atoms with E-state index in [1.807, 2.05) is 42.1 Å². The Morgan fingerprint density at radius 3 is 2.56 bits per heavy atom. The second-order valence-electron chi connectivity index (χ2n) is 6.28. The Kier molecular flexibility index (Phi) is 4.87. The summed E-state index contributed by atoms with van der Waals surface area (Å²) in [4.78, 5) is 16.8. The van der Waals surface area contributed by atoms with Crippen LogP contribution in [-0.4, -0.2) is 35.7 Å². The fraction of sp³-hybridized carbons (Fsp3) is 0.353. The van der Waals surface area contributed by atoms with E-state index in [1.54, 1.807) is 10.9 Å². The fourth-order valence-electron chi connectivity index (χ4n) is 2.66. The maximum Gasteiger partial charge on any atom is 0.225 e. The van der Waals surface area contributed by atoms with Crippen molar-refractivity contribution in [3.8, 4) is 5.69 Å². The minimum atomic E-state index is -0.118. The lowest BCUT2D eigenvalue weighted by Crippen LogP contribution is -2.34. The van der Waals surface area contributed by atoms with Gasteiger partial charge in [0.1, 0.15) is 12.2 Å². The minimum absolute atomic E-state index is 0.0307. The van der Waals surface area contributed by atoms with E-state index in [9.17, 15) is 4.79 Å². The highest BCUT2D eigenvalue weighted by Gasteiger charge is 2.21. The molecule has 0 radical (unpaired) electrons. The standard InChI is InChI=1S/C17H21N7O/c1-12(2)16(17-18-8-9-23(17)3)20-15(25)10-13-4-6-14(7-5-13)24-11-19-21-22-24/h4-9,11-12,16H,10H2,1-3H3,(H,20,25)/t16-/m1/s1. The molecule has 0 aliphatic rings. The summed E-state index contributed by atoms with van der Waals surface area (Å²) in [6.07, 6.45) is 5.47. The zero-order valence-electron chi connectivity index (χ0n) is 14.5. The highest BCUT2D eigenvalue weighted by atomic mass is 16.1. The summed E-state index contributed by atoms with van der Waals surface area (Å²) < 4.78 is 3.51. The van der Waals surface area contributed by atoms with Gasteiger partial charge in [-0.05, 0) is 34.0 Å². The van der Waals surface area contributed by atoms with Gasteiger partial charge in [-0.15, -0.1) is 5.10 Å². The smallest absolute Gasteiger partial charge is 0.225 e. The van der Waals surface area contributed by atoms with Gasteiger partial charge in [0.25, 0.3) is 0 Å². The Bertz CT molecular complexity index is 821. The Morgan fingerprint density at radius 2 is 2.00 bits per heavy atom. The molecule has 2 aromatic heterocycles. The van der Waals surface area contributed by atoms with Crippen molar-refractivity contribution >= 4 is 5.91 Å². The molecule has 25 heavy (non-hydrogen) atoms. The summed E-state index contributed by atoms with van der Waals surface area (Å²) in [5.41, 5.74) is 1.78. The number of carbonyl (C=O) groups is 1. The normalized spacial score (nSPS) is 12.3. The van der Waals surface area contributed by atoms with Gasteiger partial charge < -0.3 is 9.88 Å². The second kappa shape index (κ2) is 7.25. The number of benzene rings is 1. The first kappa shape index (κ1) is 16.8. The Morgan fingerprint density at radius 1 is 1.24 bits per heavy atom. The molecule has 0 saturated heterocycles. The number of nitrogens with one attached hydrogen (secondary N) is 1. The molecule has 0 fully saturated rings. The number of rotatable bonds is 6. The first-order chi connectivity index (χ1) is 12.0. The third-order valence-electron chi connectivity index (χ3n) is 4.03. The van der Waals surface area contributed by atoms with Crippen LogP contribution in [0.4, 0.5) is 0 Å². The van der Waals surface area contributed by atoms with Crippen LogP contribution >= 0.6 is 0 Å². The Balaban J connectivity index is 1.66. The number of nitrogens with zero attached hydrogens (tertiary/aromatic N) is 6. The van der Waals surface area contributed by atoms with Crippen LogP contribution in [0.2, 0.25) is 0 Å². The molecule has 8 nitrogen and oxygen atoms in total. The molecule has 8 heteroatoms. The first-order valence-corrected chi connectivity index (χ1v) is 8.13. The molecule has 2 heterocycles. The molecule has 1 aromatic carbocycles. The molecule has 1 amide bonds. The van der Waals surface area contributed by atoms with Crippen molar-refractivity contribution in [1.82, 2.24) is 35.1 Å². The maximum atomic E-state index is 12.5. The molecule has 1 atom stereocenters. The summed E-state index contributed by atoms with van der Waals surface area (Å²) in [5, 5.41) is 14.2. The van der Waals surface area contributed by atoms with Crippen molar-refractivity contribution in [3.05, 3.63) is 54.4 Å². The summed E-state index contributed by atoms with van der Waals surface area (Å²) in [7, 11) is 1.93. The lowest BCUT2D eigenvalue weighted by molar-refractivity contribution is -0.121. The molecular weight excluding hydrogens is 318 g/mol. The monoisotopic (exact) mass is 339 g/mol. The van der Waals surface area contributed by atoms with Crippen LogP contribution < -0.4 is 5.32 Å². The van der Waals surface area contributed by atoms with Gasteiger partial charge in [-0.1, -0.05) is 26.0 Å². The van der Waals surface area contributed by atoms with Crippen molar-refractivity contribution in [2.75, 3.05) is 0 Å². The highest BCUT2D eigenvalue weighted by Crippen LogP contribution is 2.20. The maximum absolute atomic E-state index is 12.5. The molecule has 0 spiro atoms. The van der Waals surface area contributed by atoms with Gasteiger partial charge in [0, 0.05) is 19.4 Å². The van der Waals surface area contributed by atoms with Crippen molar-refractivity contribution in [2.45, 2.75) is 26.3 Å². The number of carbonyl (C=O) groups excluding carboxylic acids is 1. The van der Waals surface area contributed by atoms with Gasteiger partial charge in [-0.2, -0.15) is 0 Å². The predicted molar refractivity (Wildman–Crippen MR) is 91.8 cm³/mol. The molecule has 0 unspecified atom stereocenters. The van der Waals surface area contributed by atoms with E-state index in [1.165, 1.54) is 6.33 Å². The average Bonchev–Trinajstić information content (AvgIpc) is 3.25. The number of tetrazole rings is 1. The largest absolute Gasteiger partial charge is 0.346 e. The zero-order chi connectivity index (χ0) is 17.8. The van der Waals surface area contributed by atoms with Crippen LogP contribution in [0.5, 0.6) is 0 Å². The number of hydrogen-bond donors (Lipinski definition) is 1. The van der Waals surface area contributed by atoms with Crippen molar-refractivity contribution < 1.29 is 4.79 Å². The fourth-order valence-corrected chi connectivity index (χ4v) is 2.66. The van der Waals surface area contributed by atoms with Gasteiger partial charge in [0.15, 0.2) is 0 Å². The van der Waals surface area contributed by atoms with Crippen LogP contribution in [0.1, 0.15) is 31.3 Å². The number of aryl methyl sites for hydroxylation is 1. The molecular formula is C17H21N7O. The van der Waals surface area contributed by atoms with Crippen LogP contribution in [0, 0.1) is 5.92 Å². The average molecular weight is 339 g/mol. The van der Waals surface area contributed by atoms with E-state index in [4.69, 9.17) is 0 Å². The van der Waals surface area contributed by atoms with Crippen molar-refractivity contribution in [1.29, 1.82) is 0 Å². The van der Waals surface area contributed by atoms with E-state index in [-0.39, 0.29) is 17.9 Å². The second-order valence-corrected chi connectivity index (χ2v) is 6.28. The number of amides is 1. The SMILES string of the molecule is CC(C)[C@@H](NC(=O)Cc1ccc(-n2cnnn2)cc1)c1nccn1C. The third kappa shape index (κ3) is 3.90. The highest BCUT2D eigenvalue weighted by molar-refractivity contribution is 5.79. The predicted octanol–water partition coefficient (Wildman–Crippen LogP) is 1.45. The summed E-state index contributed by atoms with van der Waals surface area (Å²) >= 11 is 0. The van der Waals surface area contributed by atoms with Crippen LogP contribution in [-0.2, 0) is 18.3 Å². The van der Waals surface area contributed by atoms with E-state index >= 15 is 0 Å². The summed E-state index contributed by atoms with van der Waals surface area (Å²) in [5.74, 6) is 1.07. The summed E-state index contributed by atoms with van der Waals surface area (Å²) in [6, 6.07) is 7.46. The third-order valence-corrected chi connectivity index (χ3v) is 4.03. The molecule has 130 valence electrons. The lowest BCUT2D eigenvalue weighted by Gasteiger charge is -2.22. The molecule has 0 aliphatic carbocycles. The number of aromatic nitrogens is 6. The van der Waals surface area contributed by atoms with Crippen molar-refractivity contribution in [2.24, 2.45) is 13.0 Å². The Hall–Kier alpha value is -3.03. The quantitative estimate of drug-likeness (QED) is 0.734.